The van der Waals surface area contributed by atoms with Crippen LogP contribution in [0.25, 0.3) is 0 Å². The molecule has 1 N–H and O–H groups in total. The van der Waals surface area contributed by atoms with E-state index < -0.39 is 6.04 Å². The maximum atomic E-state index is 13.0. The predicted molar refractivity (Wildman–Crippen MR) is 109 cm³/mol. The van der Waals surface area contributed by atoms with Gasteiger partial charge in [-0.05, 0) is 49.1 Å². The van der Waals surface area contributed by atoms with Crippen molar-refractivity contribution in [3.8, 4) is 5.75 Å². The number of ether oxygens (including phenoxy) is 1. The Labute approximate surface area is 166 Å². The highest BCUT2D eigenvalue weighted by atomic mass is 16.5. The zero-order valence-corrected chi connectivity index (χ0v) is 16.8. The van der Waals surface area contributed by atoms with Crippen LogP contribution < -0.4 is 10.1 Å². The van der Waals surface area contributed by atoms with E-state index in [2.05, 4.69) is 5.32 Å². The van der Waals surface area contributed by atoms with Crippen molar-refractivity contribution < 1.29 is 14.3 Å². The summed E-state index contributed by atoms with van der Waals surface area (Å²) in [6.45, 7) is 6.97. The van der Waals surface area contributed by atoms with Gasteiger partial charge < -0.3 is 15.0 Å². The van der Waals surface area contributed by atoms with Crippen molar-refractivity contribution in [3.05, 3.63) is 65.2 Å². The van der Waals surface area contributed by atoms with Gasteiger partial charge in [-0.3, -0.25) is 9.59 Å². The summed E-state index contributed by atoms with van der Waals surface area (Å²) >= 11 is 0. The zero-order valence-electron chi connectivity index (χ0n) is 16.8. The molecule has 2 aromatic carbocycles. The molecule has 0 bridgehead atoms. The van der Waals surface area contributed by atoms with Gasteiger partial charge in [-0.2, -0.15) is 0 Å². The minimum atomic E-state index is -0.569. The van der Waals surface area contributed by atoms with E-state index in [4.69, 9.17) is 4.74 Å². The smallest absolute Gasteiger partial charge is 0.247 e. The van der Waals surface area contributed by atoms with Crippen LogP contribution in [0, 0.1) is 0 Å². The number of nitrogens with zero attached hydrogens (tertiary/aromatic N) is 1. The number of fused-ring (bicyclic) bond motifs is 1. The molecule has 3 rings (SSSR count). The Kier molecular flexibility index (Phi) is 6.34. The second-order valence-electron chi connectivity index (χ2n) is 7.39. The molecule has 0 aliphatic carbocycles. The summed E-state index contributed by atoms with van der Waals surface area (Å²) in [5, 5.41) is 3.01. The number of nitrogens with one attached hydrogen (secondary N) is 1. The van der Waals surface area contributed by atoms with Gasteiger partial charge in [-0.1, -0.05) is 43.3 Å². The van der Waals surface area contributed by atoms with Gasteiger partial charge in [-0.15, -0.1) is 0 Å². The summed E-state index contributed by atoms with van der Waals surface area (Å²) in [5.41, 5.74) is 2.85. The molecule has 0 fully saturated rings. The molecule has 1 unspecified atom stereocenters. The van der Waals surface area contributed by atoms with E-state index in [1.165, 1.54) is 0 Å². The number of rotatable bonds is 7. The van der Waals surface area contributed by atoms with Gasteiger partial charge in [0, 0.05) is 13.1 Å². The molecule has 0 spiro atoms. The van der Waals surface area contributed by atoms with Crippen LogP contribution in [0.2, 0.25) is 0 Å². The molecule has 1 aliphatic heterocycles. The van der Waals surface area contributed by atoms with Gasteiger partial charge in [-0.25, -0.2) is 0 Å². The second kappa shape index (κ2) is 8.91. The maximum absolute atomic E-state index is 13.0. The summed E-state index contributed by atoms with van der Waals surface area (Å²) in [7, 11) is 0. The topological polar surface area (TPSA) is 58.6 Å². The normalized spacial score (nSPS) is 16.1. The fraction of sp³-hybridized carbons (Fsp3) is 0.391. The number of carbonyl (C=O) groups is 2. The molecule has 5 heteroatoms. The number of hydrogen-bond acceptors (Lipinski definition) is 3. The Morgan fingerprint density at radius 1 is 1.18 bits per heavy atom. The summed E-state index contributed by atoms with van der Waals surface area (Å²) in [6.07, 6.45) is 1.30. The van der Waals surface area contributed by atoms with Crippen molar-refractivity contribution in [2.24, 2.45) is 0 Å². The fourth-order valence-electron chi connectivity index (χ4n) is 3.56. The highest BCUT2D eigenvalue weighted by Crippen LogP contribution is 2.30. The van der Waals surface area contributed by atoms with Gasteiger partial charge in [0.2, 0.25) is 11.8 Å². The molecule has 148 valence electrons. The van der Waals surface area contributed by atoms with E-state index in [0.717, 1.165) is 28.9 Å². The SMILES string of the molecule is CCCN1C(=O)Cc2ccccc2C1C(=O)NCc1ccc(OC(C)C)cc1. The summed E-state index contributed by atoms with van der Waals surface area (Å²) in [4.78, 5) is 27.3. The van der Waals surface area contributed by atoms with Crippen molar-refractivity contribution in [1.82, 2.24) is 10.2 Å². The Hall–Kier alpha value is -2.82. The molecule has 28 heavy (non-hydrogen) atoms. The third-order valence-electron chi connectivity index (χ3n) is 4.80. The fourth-order valence-corrected chi connectivity index (χ4v) is 3.56. The van der Waals surface area contributed by atoms with E-state index in [0.29, 0.717) is 19.5 Å². The number of amides is 2. The third-order valence-corrected chi connectivity index (χ3v) is 4.80. The van der Waals surface area contributed by atoms with Crippen molar-refractivity contribution in [2.75, 3.05) is 6.54 Å². The largest absolute Gasteiger partial charge is 0.491 e. The number of benzene rings is 2. The van der Waals surface area contributed by atoms with Crippen LogP contribution in [0.15, 0.2) is 48.5 Å². The number of hydrogen-bond donors (Lipinski definition) is 1. The first-order chi connectivity index (χ1) is 13.5. The first-order valence-corrected chi connectivity index (χ1v) is 9.90. The Bertz CT molecular complexity index is 830. The van der Waals surface area contributed by atoms with Gasteiger partial charge >= 0.3 is 0 Å². The lowest BCUT2D eigenvalue weighted by molar-refractivity contribution is -0.141. The molecular formula is C23H28N2O3. The lowest BCUT2D eigenvalue weighted by Gasteiger charge is -2.36. The average Bonchev–Trinajstić information content (AvgIpc) is 2.67. The minimum Gasteiger partial charge on any atom is -0.491 e. The molecule has 1 atom stereocenters. The van der Waals surface area contributed by atoms with Crippen molar-refractivity contribution in [2.45, 2.75) is 52.3 Å². The first-order valence-electron chi connectivity index (χ1n) is 9.90. The van der Waals surface area contributed by atoms with Crippen molar-refractivity contribution >= 4 is 11.8 Å². The van der Waals surface area contributed by atoms with Crippen molar-refractivity contribution in [1.29, 1.82) is 0 Å². The molecule has 0 saturated heterocycles. The van der Waals surface area contributed by atoms with E-state index in [9.17, 15) is 9.59 Å². The molecule has 0 aromatic heterocycles. The standard InChI is InChI=1S/C23H28N2O3/c1-4-13-25-21(26)14-18-7-5-6-8-20(18)22(25)23(27)24-15-17-9-11-19(12-10-17)28-16(2)3/h5-12,16,22H,4,13-15H2,1-3H3,(H,24,27). The van der Waals surface area contributed by atoms with Crippen LogP contribution in [-0.2, 0) is 22.6 Å². The van der Waals surface area contributed by atoms with E-state index in [1.54, 1.807) is 4.90 Å². The zero-order chi connectivity index (χ0) is 20.1. The van der Waals surface area contributed by atoms with Gasteiger partial charge in [0.1, 0.15) is 11.8 Å². The Morgan fingerprint density at radius 2 is 1.89 bits per heavy atom. The highest BCUT2D eigenvalue weighted by Gasteiger charge is 2.36. The second-order valence-corrected chi connectivity index (χ2v) is 7.39. The van der Waals surface area contributed by atoms with E-state index in [1.807, 2.05) is 69.3 Å². The lowest BCUT2D eigenvalue weighted by Crippen LogP contribution is -2.47. The van der Waals surface area contributed by atoms with Gasteiger partial charge in [0.25, 0.3) is 0 Å². The van der Waals surface area contributed by atoms with Gasteiger partial charge in [0.05, 0.1) is 12.5 Å². The molecule has 2 aromatic rings. The molecule has 0 saturated carbocycles. The summed E-state index contributed by atoms with van der Waals surface area (Å²) < 4.78 is 5.65. The lowest BCUT2D eigenvalue weighted by atomic mass is 9.91. The first kappa shape index (κ1) is 19.9. The monoisotopic (exact) mass is 380 g/mol. The highest BCUT2D eigenvalue weighted by molar-refractivity contribution is 5.92. The van der Waals surface area contributed by atoms with Crippen LogP contribution in [-0.4, -0.2) is 29.4 Å². The molecule has 5 nitrogen and oxygen atoms in total. The van der Waals surface area contributed by atoms with Crippen LogP contribution in [0.3, 0.4) is 0 Å². The average molecular weight is 380 g/mol. The van der Waals surface area contributed by atoms with E-state index in [-0.39, 0.29) is 17.9 Å². The quantitative estimate of drug-likeness (QED) is 0.798. The molecule has 1 heterocycles. The van der Waals surface area contributed by atoms with Crippen molar-refractivity contribution in [3.63, 3.8) is 0 Å². The summed E-state index contributed by atoms with van der Waals surface area (Å²) in [5.74, 6) is 0.679. The predicted octanol–water partition coefficient (Wildman–Crippen LogP) is 3.63. The summed E-state index contributed by atoms with van der Waals surface area (Å²) in [6, 6.07) is 14.9. The van der Waals surface area contributed by atoms with Gasteiger partial charge in [0.15, 0.2) is 0 Å². The van der Waals surface area contributed by atoms with Crippen LogP contribution >= 0.6 is 0 Å². The van der Waals surface area contributed by atoms with Crippen LogP contribution in [0.1, 0.15) is 49.9 Å². The van der Waals surface area contributed by atoms with Crippen LogP contribution in [0.4, 0.5) is 0 Å². The maximum Gasteiger partial charge on any atom is 0.247 e. The Morgan fingerprint density at radius 3 is 2.57 bits per heavy atom. The number of carbonyl (C=O) groups excluding carboxylic acids is 2. The molecule has 1 aliphatic rings. The molecule has 2 amide bonds. The van der Waals surface area contributed by atoms with Crippen LogP contribution in [0.5, 0.6) is 5.75 Å². The third kappa shape index (κ3) is 4.53. The van der Waals surface area contributed by atoms with E-state index >= 15 is 0 Å². The minimum absolute atomic E-state index is 0.0101. The Balaban J connectivity index is 1.73. The molecule has 0 radical (unpaired) electrons. The molecular weight excluding hydrogens is 352 g/mol.